The monoisotopic (exact) mass is 350 g/mol. The molecule has 0 aliphatic rings. The highest BCUT2D eigenvalue weighted by atomic mass is 35.5. The Morgan fingerprint density at radius 3 is 2.24 bits per heavy atom. The first-order valence-corrected chi connectivity index (χ1v) is 8.15. The Morgan fingerprint density at radius 2 is 1.71 bits per heavy atom. The van der Waals surface area contributed by atoms with Gasteiger partial charge in [0.15, 0.2) is 0 Å². The van der Waals surface area contributed by atoms with Crippen molar-refractivity contribution in [2.24, 2.45) is 0 Å². The van der Waals surface area contributed by atoms with Gasteiger partial charge in [-0.25, -0.2) is 0 Å². The Hall–Kier alpha value is -0.480. The van der Waals surface area contributed by atoms with Crippen LogP contribution in [-0.4, -0.2) is 29.9 Å². The Morgan fingerprint density at radius 1 is 1.14 bits per heavy atom. The Labute approximate surface area is 141 Å². The summed E-state index contributed by atoms with van der Waals surface area (Å²) in [6.07, 6.45) is 0. The van der Waals surface area contributed by atoms with Crippen LogP contribution < -0.4 is 5.32 Å². The van der Waals surface area contributed by atoms with Crippen molar-refractivity contribution in [2.75, 3.05) is 13.1 Å². The molecular formula is C15H21Cl3N2O. The number of benzene rings is 1. The van der Waals surface area contributed by atoms with Crippen LogP contribution in [0.3, 0.4) is 0 Å². The van der Waals surface area contributed by atoms with Gasteiger partial charge in [0.05, 0.1) is 21.1 Å². The lowest BCUT2D eigenvalue weighted by molar-refractivity contribution is -0.132. The van der Waals surface area contributed by atoms with Gasteiger partial charge in [0.25, 0.3) is 0 Å². The third-order valence-electron chi connectivity index (χ3n) is 3.48. The molecule has 0 radical (unpaired) electrons. The number of likely N-dealkylation sites (N-methyl/N-ethyl adjacent to an activating group) is 1. The molecule has 21 heavy (non-hydrogen) atoms. The number of amides is 1. The zero-order chi connectivity index (χ0) is 16.2. The second kappa shape index (κ2) is 8.23. The van der Waals surface area contributed by atoms with E-state index in [9.17, 15) is 4.79 Å². The second-order valence-electron chi connectivity index (χ2n) is 4.89. The molecule has 1 rings (SSSR count). The van der Waals surface area contributed by atoms with E-state index in [1.165, 1.54) is 0 Å². The molecule has 6 heteroatoms. The van der Waals surface area contributed by atoms with Gasteiger partial charge in [0.2, 0.25) is 5.91 Å². The molecule has 1 amide bonds. The topological polar surface area (TPSA) is 32.3 Å². The molecular weight excluding hydrogens is 331 g/mol. The van der Waals surface area contributed by atoms with Crippen LogP contribution in [0.2, 0.25) is 15.1 Å². The summed E-state index contributed by atoms with van der Waals surface area (Å²) in [6, 6.07) is 3.12. The number of nitrogens with one attached hydrogen (secondary N) is 1. The zero-order valence-electron chi connectivity index (χ0n) is 12.7. The molecule has 1 aromatic rings. The molecule has 0 bridgehead atoms. The number of hydrogen-bond donors (Lipinski definition) is 1. The summed E-state index contributed by atoms with van der Waals surface area (Å²) >= 11 is 18.2. The van der Waals surface area contributed by atoms with E-state index >= 15 is 0 Å². The van der Waals surface area contributed by atoms with Gasteiger partial charge in [-0.05, 0) is 39.3 Å². The van der Waals surface area contributed by atoms with E-state index in [-0.39, 0.29) is 18.0 Å². The molecule has 118 valence electrons. The largest absolute Gasteiger partial charge is 0.342 e. The maximum atomic E-state index is 12.3. The summed E-state index contributed by atoms with van der Waals surface area (Å²) in [5.41, 5.74) is 0.824. The van der Waals surface area contributed by atoms with Crippen LogP contribution in [0.25, 0.3) is 0 Å². The summed E-state index contributed by atoms with van der Waals surface area (Å²) in [6.45, 7) is 9.12. The number of hydrogen-bond acceptors (Lipinski definition) is 2. The van der Waals surface area contributed by atoms with E-state index in [0.717, 1.165) is 5.56 Å². The number of carbonyl (C=O) groups excluding carboxylic acids is 1. The van der Waals surface area contributed by atoms with Gasteiger partial charge in [0, 0.05) is 19.1 Å². The van der Waals surface area contributed by atoms with Gasteiger partial charge < -0.3 is 4.90 Å². The van der Waals surface area contributed by atoms with Crippen molar-refractivity contribution in [3.05, 3.63) is 32.8 Å². The molecule has 1 aromatic carbocycles. The molecule has 0 aromatic heterocycles. The maximum Gasteiger partial charge on any atom is 0.239 e. The number of carbonyl (C=O) groups is 1. The van der Waals surface area contributed by atoms with Crippen molar-refractivity contribution < 1.29 is 4.79 Å². The van der Waals surface area contributed by atoms with Crippen LogP contribution in [0, 0.1) is 0 Å². The highest BCUT2D eigenvalue weighted by Gasteiger charge is 2.22. The molecule has 0 fully saturated rings. The average molecular weight is 352 g/mol. The first kappa shape index (κ1) is 18.6. The predicted octanol–water partition coefficient (Wildman–Crippen LogP) is 4.55. The smallest absolute Gasteiger partial charge is 0.239 e. The van der Waals surface area contributed by atoms with E-state index in [0.29, 0.717) is 28.2 Å². The lowest BCUT2D eigenvalue weighted by atomic mass is 10.1. The van der Waals surface area contributed by atoms with E-state index in [4.69, 9.17) is 34.8 Å². The fourth-order valence-electron chi connectivity index (χ4n) is 2.22. The Bertz CT molecular complexity index is 504. The van der Waals surface area contributed by atoms with Gasteiger partial charge in [-0.2, -0.15) is 0 Å². The van der Waals surface area contributed by atoms with Crippen LogP contribution in [0.4, 0.5) is 0 Å². The predicted molar refractivity (Wildman–Crippen MR) is 90.4 cm³/mol. The SMILES string of the molecule is CCN(CC)C(=O)C(C)NC(C)c1ccc(Cl)c(Cl)c1Cl. The normalized spacial score (nSPS) is 13.9. The fraction of sp³-hybridized carbons (Fsp3) is 0.533. The molecule has 2 unspecified atom stereocenters. The van der Waals surface area contributed by atoms with Gasteiger partial charge in [-0.15, -0.1) is 0 Å². The van der Waals surface area contributed by atoms with Crippen LogP contribution >= 0.6 is 34.8 Å². The first-order valence-electron chi connectivity index (χ1n) is 7.01. The van der Waals surface area contributed by atoms with E-state index in [1.54, 1.807) is 11.0 Å². The van der Waals surface area contributed by atoms with E-state index in [2.05, 4.69) is 5.32 Å². The second-order valence-corrected chi connectivity index (χ2v) is 6.05. The molecule has 0 aliphatic heterocycles. The molecule has 3 nitrogen and oxygen atoms in total. The van der Waals surface area contributed by atoms with Gasteiger partial charge in [-0.1, -0.05) is 40.9 Å². The van der Waals surface area contributed by atoms with Gasteiger partial charge in [-0.3, -0.25) is 10.1 Å². The molecule has 0 spiro atoms. The van der Waals surface area contributed by atoms with Crippen LogP contribution in [0.5, 0.6) is 0 Å². The lowest BCUT2D eigenvalue weighted by Crippen LogP contribution is -2.45. The zero-order valence-corrected chi connectivity index (χ0v) is 15.0. The van der Waals surface area contributed by atoms with Crippen LogP contribution in [-0.2, 0) is 4.79 Å². The van der Waals surface area contributed by atoms with Crippen LogP contribution in [0.1, 0.15) is 39.3 Å². The fourth-order valence-corrected chi connectivity index (χ4v) is 2.93. The number of halogens is 3. The van der Waals surface area contributed by atoms with Crippen molar-refractivity contribution in [1.29, 1.82) is 0 Å². The molecule has 0 aliphatic carbocycles. The van der Waals surface area contributed by atoms with Crippen molar-refractivity contribution in [3.63, 3.8) is 0 Å². The Balaban J connectivity index is 2.84. The maximum absolute atomic E-state index is 12.3. The number of rotatable bonds is 6. The molecule has 1 N–H and O–H groups in total. The third-order valence-corrected chi connectivity index (χ3v) is 4.79. The van der Waals surface area contributed by atoms with Gasteiger partial charge >= 0.3 is 0 Å². The quantitative estimate of drug-likeness (QED) is 0.762. The van der Waals surface area contributed by atoms with Crippen molar-refractivity contribution in [2.45, 2.75) is 39.8 Å². The minimum absolute atomic E-state index is 0.0723. The summed E-state index contributed by atoms with van der Waals surface area (Å²) in [5.74, 6) is 0.0723. The molecule has 0 saturated carbocycles. The minimum Gasteiger partial charge on any atom is -0.342 e. The standard InChI is InChI=1S/C15H21Cl3N2O/c1-5-20(6-2)15(21)10(4)19-9(3)11-7-8-12(16)14(18)13(11)17/h7-10,19H,5-6H2,1-4H3. The summed E-state index contributed by atoms with van der Waals surface area (Å²) in [5, 5.41) is 4.44. The summed E-state index contributed by atoms with van der Waals surface area (Å²) < 4.78 is 0. The van der Waals surface area contributed by atoms with E-state index in [1.807, 2.05) is 33.8 Å². The highest BCUT2D eigenvalue weighted by molar-refractivity contribution is 6.48. The molecule has 0 heterocycles. The van der Waals surface area contributed by atoms with Crippen LogP contribution in [0.15, 0.2) is 12.1 Å². The van der Waals surface area contributed by atoms with Crippen molar-refractivity contribution in [3.8, 4) is 0 Å². The van der Waals surface area contributed by atoms with E-state index < -0.39 is 0 Å². The lowest BCUT2D eigenvalue weighted by Gasteiger charge is -2.26. The summed E-state index contributed by atoms with van der Waals surface area (Å²) in [7, 11) is 0. The molecule has 2 atom stereocenters. The van der Waals surface area contributed by atoms with Crippen molar-refractivity contribution >= 4 is 40.7 Å². The van der Waals surface area contributed by atoms with Crippen molar-refractivity contribution in [1.82, 2.24) is 10.2 Å². The third kappa shape index (κ3) is 4.49. The summed E-state index contributed by atoms with van der Waals surface area (Å²) in [4.78, 5) is 14.1. The number of nitrogens with zero attached hydrogens (tertiary/aromatic N) is 1. The Kier molecular flexibility index (Phi) is 7.28. The first-order chi connectivity index (χ1) is 9.83. The van der Waals surface area contributed by atoms with Gasteiger partial charge in [0.1, 0.15) is 0 Å². The minimum atomic E-state index is -0.301. The average Bonchev–Trinajstić information content (AvgIpc) is 2.45. The highest BCUT2D eigenvalue weighted by Crippen LogP contribution is 2.35. The molecule has 0 saturated heterocycles.